The second-order valence-electron chi connectivity index (χ2n) is 4.44. The van der Waals surface area contributed by atoms with E-state index in [0.29, 0.717) is 31.6 Å². The van der Waals surface area contributed by atoms with Gasteiger partial charge in [-0.3, -0.25) is 4.90 Å². The van der Waals surface area contributed by atoms with E-state index in [0.717, 1.165) is 6.07 Å². The minimum atomic E-state index is -0.816. The normalized spacial score (nSPS) is 19.5. The summed E-state index contributed by atoms with van der Waals surface area (Å²) in [6.45, 7) is 3.32. The van der Waals surface area contributed by atoms with Crippen molar-refractivity contribution in [1.29, 1.82) is 0 Å². The summed E-state index contributed by atoms with van der Waals surface area (Å²) in [5, 5.41) is 9.78. The highest BCUT2D eigenvalue weighted by atomic mass is 19.2. The molecule has 1 aliphatic heterocycles. The van der Waals surface area contributed by atoms with Gasteiger partial charge >= 0.3 is 0 Å². The topological polar surface area (TPSA) is 23.5 Å². The van der Waals surface area contributed by atoms with Gasteiger partial charge in [0.1, 0.15) is 0 Å². The first-order chi connectivity index (χ1) is 7.54. The molecule has 16 heavy (non-hydrogen) atoms. The number of benzene rings is 1. The van der Waals surface area contributed by atoms with Crippen LogP contribution in [0, 0.1) is 11.6 Å². The van der Waals surface area contributed by atoms with Gasteiger partial charge in [0.15, 0.2) is 11.6 Å². The molecule has 1 saturated heterocycles. The van der Waals surface area contributed by atoms with Crippen molar-refractivity contribution in [2.75, 3.05) is 13.1 Å². The van der Waals surface area contributed by atoms with Gasteiger partial charge in [-0.15, -0.1) is 0 Å². The average molecular weight is 227 g/mol. The van der Waals surface area contributed by atoms with E-state index >= 15 is 0 Å². The average Bonchev–Trinajstić information content (AvgIpc) is 2.22. The molecule has 88 valence electrons. The lowest BCUT2D eigenvalue weighted by molar-refractivity contribution is -0.103. The Kier molecular flexibility index (Phi) is 2.95. The van der Waals surface area contributed by atoms with Crippen molar-refractivity contribution in [3.05, 3.63) is 35.4 Å². The third-order valence-corrected chi connectivity index (χ3v) is 3.12. The van der Waals surface area contributed by atoms with Gasteiger partial charge in [-0.1, -0.05) is 19.1 Å². The zero-order valence-electron chi connectivity index (χ0n) is 9.21. The molecule has 4 heteroatoms. The van der Waals surface area contributed by atoms with E-state index in [-0.39, 0.29) is 0 Å². The van der Waals surface area contributed by atoms with Gasteiger partial charge in [-0.2, -0.15) is 0 Å². The fraction of sp³-hybridized carbons (Fsp3) is 0.500. The van der Waals surface area contributed by atoms with Crippen LogP contribution in [0.25, 0.3) is 0 Å². The Hall–Kier alpha value is -1.00. The van der Waals surface area contributed by atoms with Gasteiger partial charge in [-0.25, -0.2) is 8.78 Å². The van der Waals surface area contributed by atoms with Gasteiger partial charge in [0, 0.05) is 25.2 Å². The minimum absolute atomic E-state index is 0.346. The first-order valence-corrected chi connectivity index (χ1v) is 5.42. The largest absolute Gasteiger partial charge is 0.387 e. The predicted molar refractivity (Wildman–Crippen MR) is 56.9 cm³/mol. The molecule has 0 aromatic heterocycles. The molecule has 0 amide bonds. The van der Waals surface area contributed by atoms with Gasteiger partial charge in [0.2, 0.25) is 0 Å². The predicted octanol–water partition coefficient (Wildman–Crippen LogP) is 1.92. The van der Waals surface area contributed by atoms with Crippen LogP contribution in [0.3, 0.4) is 0 Å². The van der Waals surface area contributed by atoms with Crippen LogP contribution >= 0.6 is 0 Å². The highest BCUT2D eigenvalue weighted by molar-refractivity contribution is 5.19. The molecule has 2 nitrogen and oxygen atoms in total. The molecule has 2 rings (SSSR count). The van der Waals surface area contributed by atoms with Crippen LogP contribution in [0.4, 0.5) is 8.78 Å². The van der Waals surface area contributed by atoms with Crippen molar-refractivity contribution in [1.82, 2.24) is 4.90 Å². The molecule has 1 aliphatic rings. The van der Waals surface area contributed by atoms with Crippen molar-refractivity contribution in [2.45, 2.75) is 25.5 Å². The smallest absolute Gasteiger partial charge is 0.163 e. The Morgan fingerprint density at radius 3 is 2.69 bits per heavy atom. The summed E-state index contributed by atoms with van der Waals surface area (Å²) in [6.07, 6.45) is 0.690. The number of hydrogen-bond acceptors (Lipinski definition) is 2. The number of aliphatic hydroxyl groups is 1. The summed E-state index contributed by atoms with van der Waals surface area (Å²) in [4.78, 5) is 1.90. The fourth-order valence-corrected chi connectivity index (χ4v) is 2.03. The van der Waals surface area contributed by atoms with E-state index in [1.807, 2.05) is 11.8 Å². The first-order valence-electron chi connectivity index (χ1n) is 5.42. The van der Waals surface area contributed by atoms with E-state index in [1.165, 1.54) is 6.07 Å². The monoisotopic (exact) mass is 227 g/mol. The first kappa shape index (κ1) is 11.5. The van der Waals surface area contributed by atoms with Gasteiger partial charge in [0.25, 0.3) is 0 Å². The second kappa shape index (κ2) is 4.11. The van der Waals surface area contributed by atoms with E-state index < -0.39 is 17.2 Å². The lowest BCUT2D eigenvalue weighted by atomic mass is 9.91. The zero-order chi connectivity index (χ0) is 11.8. The van der Waals surface area contributed by atoms with Crippen molar-refractivity contribution in [3.8, 4) is 0 Å². The summed E-state index contributed by atoms with van der Waals surface area (Å²) in [6, 6.07) is 4.18. The summed E-state index contributed by atoms with van der Waals surface area (Å²) in [7, 11) is 0. The molecule has 1 heterocycles. The fourth-order valence-electron chi connectivity index (χ4n) is 2.03. The highest BCUT2D eigenvalue weighted by Gasteiger charge is 2.39. The molecule has 0 aliphatic carbocycles. The Labute approximate surface area is 93.5 Å². The third-order valence-electron chi connectivity index (χ3n) is 3.12. The number of halogens is 2. The summed E-state index contributed by atoms with van der Waals surface area (Å²) in [5.41, 5.74) is -0.290. The molecule has 0 atom stereocenters. The third kappa shape index (κ3) is 2.08. The molecule has 0 unspecified atom stereocenters. The quantitative estimate of drug-likeness (QED) is 0.852. The summed E-state index contributed by atoms with van der Waals surface area (Å²) >= 11 is 0. The maximum atomic E-state index is 13.3. The number of β-amino-alcohol motifs (C(OH)–C–C–N with tert-alkyl or cyclic N) is 1. The molecule has 1 aromatic carbocycles. The van der Waals surface area contributed by atoms with Crippen LogP contribution in [-0.2, 0) is 6.54 Å². The summed E-state index contributed by atoms with van der Waals surface area (Å²) < 4.78 is 26.3. The number of likely N-dealkylation sites (tertiary alicyclic amines) is 1. The van der Waals surface area contributed by atoms with E-state index in [2.05, 4.69) is 0 Å². The Balaban J connectivity index is 1.99. The van der Waals surface area contributed by atoms with Crippen LogP contribution in [0.1, 0.15) is 18.9 Å². The Bertz CT molecular complexity index is 389. The number of rotatable bonds is 3. The van der Waals surface area contributed by atoms with Gasteiger partial charge in [0.05, 0.1) is 5.60 Å². The molecule has 0 saturated carbocycles. The lowest BCUT2D eigenvalue weighted by Gasteiger charge is -2.46. The molecule has 0 bridgehead atoms. The van der Waals surface area contributed by atoms with Crippen molar-refractivity contribution < 1.29 is 13.9 Å². The maximum absolute atomic E-state index is 13.3. The van der Waals surface area contributed by atoms with Crippen LogP contribution in [0.5, 0.6) is 0 Å². The van der Waals surface area contributed by atoms with E-state index in [4.69, 9.17) is 0 Å². The molecule has 1 aromatic rings. The van der Waals surface area contributed by atoms with Gasteiger partial charge < -0.3 is 5.11 Å². The minimum Gasteiger partial charge on any atom is -0.387 e. The zero-order valence-corrected chi connectivity index (χ0v) is 9.21. The highest BCUT2D eigenvalue weighted by Crippen LogP contribution is 2.26. The van der Waals surface area contributed by atoms with E-state index in [9.17, 15) is 13.9 Å². The van der Waals surface area contributed by atoms with Crippen molar-refractivity contribution in [3.63, 3.8) is 0 Å². The molecular weight excluding hydrogens is 212 g/mol. The number of hydrogen-bond donors (Lipinski definition) is 1. The van der Waals surface area contributed by atoms with Crippen molar-refractivity contribution in [2.24, 2.45) is 0 Å². The molecule has 1 fully saturated rings. The molecule has 1 N–H and O–H groups in total. The molecule has 0 radical (unpaired) electrons. The Morgan fingerprint density at radius 1 is 1.38 bits per heavy atom. The van der Waals surface area contributed by atoms with Crippen LogP contribution in [-0.4, -0.2) is 28.7 Å². The second-order valence-corrected chi connectivity index (χ2v) is 4.44. The SMILES string of the molecule is CCC1(O)CN(Cc2cccc(F)c2F)C1. The van der Waals surface area contributed by atoms with Crippen LogP contribution < -0.4 is 0 Å². The maximum Gasteiger partial charge on any atom is 0.163 e. The van der Waals surface area contributed by atoms with Gasteiger partial charge in [-0.05, 0) is 12.5 Å². The lowest BCUT2D eigenvalue weighted by Crippen LogP contribution is -2.60. The number of nitrogens with zero attached hydrogens (tertiary/aromatic N) is 1. The summed E-state index contributed by atoms with van der Waals surface area (Å²) in [5.74, 6) is -1.60. The molecule has 0 spiro atoms. The molecular formula is C12H15F2NO. The van der Waals surface area contributed by atoms with Crippen LogP contribution in [0.15, 0.2) is 18.2 Å². The van der Waals surface area contributed by atoms with E-state index in [1.54, 1.807) is 6.07 Å². The van der Waals surface area contributed by atoms with Crippen LogP contribution in [0.2, 0.25) is 0 Å². The Morgan fingerprint density at radius 2 is 2.06 bits per heavy atom. The van der Waals surface area contributed by atoms with Crippen molar-refractivity contribution >= 4 is 0 Å². The standard InChI is InChI=1S/C12H15F2NO/c1-2-12(16)7-15(8-12)6-9-4-3-5-10(13)11(9)14/h3-5,16H,2,6-8H2,1H3.